The fourth-order valence-electron chi connectivity index (χ4n) is 3.18. The molecule has 156 valence electrons. The molecular weight excluding hydrogens is 412 g/mol. The van der Waals surface area contributed by atoms with Crippen LogP contribution in [-0.4, -0.2) is 62.3 Å². The Labute approximate surface area is 174 Å². The van der Waals surface area contributed by atoms with Gasteiger partial charge in [-0.05, 0) is 32.0 Å². The first kappa shape index (κ1) is 21.4. The average Bonchev–Trinajstić information content (AvgIpc) is 3.01. The van der Waals surface area contributed by atoms with Gasteiger partial charge in [0.05, 0.1) is 11.4 Å². The predicted molar refractivity (Wildman–Crippen MR) is 113 cm³/mol. The Hall–Kier alpha value is -2.27. The smallest absolute Gasteiger partial charge is 0.308 e. The largest absolute Gasteiger partial charge is 0.325 e. The second kappa shape index (κ2) is 9.04. The van der Waals surface area contributed by atoms with Gasteiger partial charge in [-0.15, -0.1) is 11.3 Å². The van der Waals surface area contributed by atoms with E-state index in [4.69, 9.17) is 0 Å². The Morgan fingerprint density at radius 3 is 2.31 bits per heavy atom. The van der Waals surface area contributed by atoms with E-state index in [9.17, 15) is 18.0 Å². The van der Waals surface area contributed by atoms with Crippen LogP contribution >= 0.6 is 11.3 Å². The normalized spacial score (nSPS) is 15.8. The van der Waals surface area contributed by atoms with E-state index in [1.165, 1.54) is 15.6 Å². The molecule has 1 aromatic carbocycles. The molecule has 0 bridgehead atoms. The molecule has 0 radical (unpaired) electrons. The van der Waals surface area contributed by atoms with Crippen LogP contribution in [0, 0.1) is 13.8 Å². The van der Waals surface area contributed by atoms with E-state index in [0.717, 1.165) is 9.75 Å². The highest BCUT2D eigenvalue weighted by Crippen LogP contribution is 2.28. The molecule has 0 spiro atoms. The van der Waals surface area contributed by atoms with E-state index in [0.29, 0.717) is 36.8 Å². The Kier molecular flexibility index (Phi) is 6.68. The minimum absolute atomic E-state index is 0.0344. The summed E-state index contributed by atoms with van der Waals surface area (Å²) >= 11 is 1.47. The van der Waals surface area contributed by atoms with E-state index < -0.39 is 22.0 Å². The molecule has 2 heterocycles. The Bertz CT molecular complexity index is 981. The van der Waals surface area contributed by atoms with Gasteiger partial charge in [-0.3, -0.25) is 15.0 Å². The van der Waals surface area contributed by atoms with Gasteiger partial charge in [0, 0.05) is 41.6 Å². The number of anilines is 1. The van der Waals surface area contributed by atoms with Crippen molar-refractivity contribution in [2.75, 3.05) is 38.0 Å². The number of sulfonamides is 1. The molecule has 8 nitrogen and oxygen atoms in total. The molecule has 0 aliphatic carbocycles. The van der Waals surface area contributed by atoms with Crippen LogP contribution < -0.4 is 10.6 Å². The number of para-hydroxylation sites is 1. The molecular formula is C19H24N4O4S2. The van der Waals surface area contributed by atoms with Crippen molar-refractivity contribution >= 4 is 39.0 Å². The first-order chi connectivity index (χ1) is 13.8. The monoisotopic (exact) mass is 436 g/mol. The molecule has 0 unspecified atom stereocenters. The zero-order chi connectivity index (χ0) is 21.0. The van der Waals surface area contributed by atoms with Crippen molar-refractivity contribution in [3.05, 3.63) is 46.2 Å². The lowest BCUT2D eigenvalue weighted by Gasteiger charge is -2.33. The topological polar surface area (TPSA) is 98.8 Å². The molecule has 29 heavy (non-hydrogen) atoms. The summed E-state index contributed by atoms with van der Waals surface area (Å²) in [5.74, 6) is -0.431. The molecule has 2 N–H and O–H groups in total. The lowest BCUT2D eigenvalue weighted by Crippen LogP contribution is -2.51. The van der Waals surface area contributed by atoms with Crippen molar-refractivity contribution in [1.82, 2.24) is 14.5 Å². The van der Waals surface area contributed by atoms with E-state index >= 15 is 0 Å². The van der Waals surface area contributed by atoms with Crippen LogP contribution in [0.2, 0.25) is 0 Å². The minimum atomic E-state index is -3.52. The van der Waals surface area contributed by atoms with Crippen LogP contribution in [0.4, 0.5) is 10.5 Å². The molecule has 2 aromatic rings. The lowest BCUT2D eigenvalue weighted by atomic mass is 10.3. The number of imide groups is 1. The average molecular weight is 437 g/mol. The maximum absolute atomic E-state index is 12.9. The quantitative estimate of drug-likeness (QED) is 0.747. The van der Waals surface area contributed by atoms with Crippen molar-refractivity contribution in [2.45, 2.75) is 18.7 Å². The van der Waals surface area contributed by atoms with Gasteiger partial charge in [0.1, 0.15) is 0 Å². The molecule has 3 rings (SSSR count). The van der Waals surface area contributed by atoms with E-state index in [2.05, 4.69) is 10.6 Å². The summed E-state index contributed by atoms with van der Waals surface area (Å²) in [7, 11) is -3.52. The van der Waals surface area contributed by atoms with E-state index in [-0.39, 0.29) is 6.54 Å². The Balaban J connectivity index is 1.48. The molecule has 1 aromatic heterocycles. The summed E-state index contributed by atoms with van der Waals surface area (Å²) in [4.78, 5) is 28.0. The molecule has 1 aliphatic heterocycles. The number of nitrogens with one attached hydrogen (secondary N) is 2. The number of rotatable bonds is 5. The van der Waals surface area contributed by atoms with Gasteiger partial charge in [-0.1, -0.05) is 18.2 Å². The fourth-order valence-corrected chi connectivity index (χ4v) is 6.13. The molecule has 3 amide bonds. The molecule has 1 fully saturated rings. The van der Waals surface area contributed by atoms with Crippen molar-refractivity contribution in [2.24, 2.45) is 0 Å². The van der Waals surface area contributed by atoms with E-state index in [1.807, 2.05) is 24.8 Å². The van der Waals surface area contributed by atoms with Gasteiger partial charge in [0.15, 0.2) is 0 Å². The minimum Gasteiger partial charge on any atom is -0.308 e. The van der Waals surface area contributed by atoms with Crippen molar-refractivity contribution in [3.8, 4) is 0 Å². The van der Waals surface area contributed by atoms with Crippen molar-refractivity contribution in [1.29, 1.82) is 0 Å². The number of urea groups is 1. The van der Waals surface area contributed by atoms with Gasteiger partial charge >= 0.3 is 6.03 Å². The number of piperazine rings is 1. The van der Waals surface area contributed by atoms with Crippen LogP contribution in [-0.2, 0) is 14.8 Å². The summed E-state index contributed by atoms with van der Waals surface area (Å²) in [5.41, 5.74) is 0.593. The lowest BCUT2D eigenvalue weighted by molar-refractivity contribution is -0.121. The van der Waals surface area contributed by atoms with Crippen LogP contribution in [0.25, 0.3) is 0 Å². The van der Waals surface area contributed by atoms with Crippen LogP contribution in [0.5, 0.6) is 0 Å². The molecule has 0 saturated carbocycles. The molecule has 0 atom stereocenters. The number of nitrogens with zero attached hydrogens (tertiary/aromatic N) is 2. The fraction of sp³-hybridized carbons (Fsp3) is 0.368. The summed E-state index contributed by atoms with van der Waals surface area (Å²) in [6, 6.07) is 9.95. The van der Waals surface area contributed by atoms with Crippen molar-refractivity contribution in [3.63, 3.8) is 0 Å². The zero-order valence-electron chi connectivity index (χ0n) is 16.3. The maximum atomic E-state index is 12.9. The second-order valence-corrected chi connectivity index (χ2v) is 10.2. The number of carbonyl (C=O) groups is 2. The number of amides is 3. The third kappa shape index (κ3) is 5.41. The van der Waals surface area contributed by atoms with Crippen molar-refractivity contribution < 1.29 is 18.0 Å². The van der Waals surface area contributed by atoms with Crippen LogP contribution in [0.1, 0.15) is 9.75 Å². The number of hydrogen-bond acceptors (Lipinski definition) is 6. The second-order valence-electron chi connectivity index (χ2n) is 6.83. The number of thiophene rings is 1. The first-order valence-corrected chi connectivity index (χ1v) is 11.5. The summed E-state index contributed by atoms with van der Waals surface area (Å²) < 4.78 is 27.2. The standard InChI is InChI=1S/C19H24N4O4S2/c1-14-12-17(15(2)28-14)29(26,27)23-10-8-22(9-11-23)13-18(24)21-19(25)20-16-6-4-3-5-7-16/h3-7,12H,8-11,13H2,1-2H3,(H2,20,21,24,25). The van der Waals surface area contributed by atoms with Gasteiger partial charge < -0.3 is 5.32 Å². The highest BCUT2D eigenvalue weighted by atomic mass is 32.2. The molecule has 10 heteroatoms. The predicted octanol–water partition coefficient (Wildman–Crippen LogP) is 2.02. The summed E-state index contributed by atoms with van der Waals surface area (Å²) in [6.45, 7) is 5.20. The highest BCUT2D eigenvalue weighted by Gasteiger charge is 2.31. The zero-order valence-corrected chi connectivity index (χ0v) is 18.0. The van der Waals surface area contributed by atoms with Crippen LogP contribution in [0.3, 0.4) is 0 Å². The number of aryl methyl sites for hydroxylation is 2. The molecule has 1 aliphatic rings. The first-order valence-electron chi connectivity index (χ1n) is 9.21. The highest BCUT2D eigenvalue weighted by molar-refractivity contribution is 7.89. The third-order valence-electron chi connectivity index (χ3n) is 4.60. The number of benzene rings is 1. The van der Waals surface area contributed by atoms with Gasteiger partial charge in [0.2, 0.25) is 15.9 Å². The number of carbonyl (C=O) groups excluding carboxylic acids is 2. The summed E-state index contributed by atoms with van der Waals surface area (Å²) in [6.07, 6.45) is 0. The summed E-state index contributed by atoms with van der Waals surface area (Å²) in [5, 5.41) is 4.88. The number of hydrogen-bond donors (Lipinski definition) is 2. The van der Waals surface area contributed by atoms with Gasteiger partial charge in [0.25, 0.3) is 0 Å². The van der Waals surface area contributed by atoms with Gasteiger partial charge in [-0.25, -0.2) is 13.2 Å². The van der Waals surface area contributed by atoms with E-state index in [1.54, 1.807) is 30.3 Å². The Morgan fingerprint density at radius 2 is 1.72 bits per heavy atom. The maximum Gasteiger partial charge on any atom is 0.325 e. The van der Waals surface area contributed by atoms with Gasteiger partial charge in [-0.2, -0.15) is 4.31 Å². The third-order valence-corrected chi connectivity index (χ3v) is 7.72. The Morgan fingerprint density at radius 1 is 1.07 bits per heavy atom. The molecule has 1 saturated heterocycles. The SMILES string of the molecule is Cc1cc(S(=O)(=O)N2CCN(CC(=O)NC(=O)Nc3ccccc3)CC2)c(C)s1. The van der Waals surface area contributed by atoms with Crippen LogP contribution in [0.15, 0.2) is 41.3 Å².